The highest BCUT2D eigenvalue weighted by Gasteiger charge is 2.19. The summed E-state index contributed by atoms with van der Waals surface area (Å²) in [6.45, 7) is 0. The number of pyridine rings is 2. The zero-order valence-corrected chi connectivity index (χ0v) is 23.9. The van der Waals surface area contributed by atoms with Gasteiger partial charge in [-0.3, -0.25) is 0 Å². The Bertz CT molecular complexity index is 2490. The molecule has 7 aromatic carbocycles. The molecule has 2 nitrogen and oxygen atoms in total. The van der Waals surface area contributed by atoms with E-state index in [1.807, 2.05) is 6.07 Å². The van der Waals surface area contributed by atoms with Gasteiger partial charge in [-0.15, -0.1) is 0 Å². The van der Waals surface area contributed by atoms with Crippen LogP contribution >= 0.6 is 0 Å². The molecule has 0 fully saturated rings. The molecule has 0 aliphatic heterocycles. The first-order chi connectivity index (χ1) is 21.8. The maximum Gasteiger partial charge on any atom is 0.0972 e. The Morgan fingerprint density at radius 2 is 0.773 bits per heavy atom. The predicted octanol–water partition coefficient (Wildman–Crippen LogP) is 11.2. The Labute approximate surface area is 254 Å². The summed E-state index contributed by atoms with van der Waals surface area (Å²) in [4.78, 5) is 10.6. The second-order valence-electron chi connectivity index (χ2n) is 11.3. The lowest BCUT2D eigenvalue weighted by molar-refractivity contribution is 1.37. The lowest BCUT2D eigenvalue weighted by atomic mass is 9.85. The van der Waals surface area contributed by atoms with E-state index in [1.165, 1.54) is 43.4 Å². The highest BCUT2D eigenvalue weighted by molar-refractivity contribution is 6.23. The SMILES string of the molecule is c1ccc(-c2ccc3ccc4ccc(-c5c6ccccc6c(-c6cccc7ccccc67)c6ccccc56)nc4c3n2)cc1. The van der Waals surface area contributed by atoms with Gasteiger partial charge in [0.1, 0.15) is 0 Å². The molecule has 2 aromatic heterocycles. The summed E-state index contributed by atoms with van der Waals surface area (Å²) < 4.78 is 0. The molecule has 0 spiro atoms. The maximum absolute atomic E-state index is 5.40. The number of hydrogen-bond acceptors (Lipinski definition) is 2. The number of fused-ring (bicyclic) bond motifs is 6. The van der Waals surface area contributed by atoms with E-state index in [9.17, 15) is 0 Å². The third-order valence-corrected chi connectivity index (χ3v) is 8.84. The van der Waals surface area contributed by atoms with Crippen molar-refractivity contribution in [2.24, 2.45) is 0 Å². The molecule has 0 aliphatic carbocycles. The van der Waals surface area contributed by atoms with Crippen LogP contribution in [0.15, 0.2) is 158 Å². The molecule has 2 heterocycles. The third-order valence-electron chi connectivity index (χ3n) is 8.84. The van der Waals surface area contributed by atoms with Gasteiger partial charge in [-0.1, -0.05) is 146 Å². The van der Waals surface area contributed by atoms with Crippen molar-refractivity contribution in [1.29, 1.82) is 0 Å². The van der Waals surface area contributed by atoms with Gasteiger partial charge in [0.15, 0.2) is 0 Å². The number of nitrogens with zero attached hydrogens (tertiary/aromatic N) is 2. The first-order valence-corrected chi connectivity index (χ1v) is 15.0. The average Bonchev–Trinajstić information content (AvgIpc) is 3.10. The van der Waals surface area contributed by atoms with E-state index in [2.05, 4.69) is 152 Å². The first kappa shape index (κ1) is 24.7. The second kappa shape index (κ2) is 9.86. The van der Waals surface area contributed by atoms with Crippen LogP contribution in [0.1, 0.15) is 0 Å². The molecule has 0 bridgehead atoms. The van der Waals surface area contributed by atoms with Gasteiger partial charge in [-0.05, 0) is 55.6 Å². The van der Waals surface area contributed by atoms with E-state index in [-0.39, 0.29) is 0 Å². The molecule has 0 amide bonds. The normalized spacial score (nSPS) is 11.6. The Morgan fingerprint density at radius 1 is 0.295 bits per heavy atom. The minimum absolute atomic E-state index is 0.920. The summed E-state index contributed by atoms with van der Waals surface area (Å²) in [6.07, 6.45) is 0. The second-order valence-corrected chi connectivity index (χ2v) is 11.3. The van der Waals surface area contributed by atoms with Crippen LogP contribution in [-0.4, -0.2) is 9.97 Å². The average molecular weight is 559 g/mol. The highest BCUT2D eigenvalue weighted by atomic mass is 14.8. The lowest BCUT2D eigenvalue weighted by Crippen LogP contribution is -1.94. The number of aromatic nitrogens is 2. The number of rotatable bonds is 3. The zero-order chi connectivity index (χ0) is 29.0. The van der Waals surface area contributed by atoms with Crippen molar-refractivity contribution in [2.75, 3.05) is 0 Å². The van der Waals surface area contributed by atoms with Gasteiger partial charge in [0.25, 0.3) is 0 Å². The van der Waals surface area contributed by atoms with Crippen molar-refractivity contribution in [3.8, 4) is 33.6 Å². The minimum Gasteiger partial charge on any atom is -0.245 e. The fourth-order valence-corrected chi connectivity index (χ4v) is 6.81. The van der Waals surface area contributed by atoms with Gasteiger partial charge in [0.05, 0.1) is 22.4 Å². The van der Waals surface area contributed by atoms with Crippen LogP contribution in [0.5, 0.6) is 0 Å². The van der Waals surface area contributed by atoms with Crippen LogP contribution < -0.4 is 0 Å². The molecule has 0 atom stereocenters. The summed E-state index contributed by atoms with van der Waals surface area (Å²) in [5.74, 6) is 0. The van der Waals surface area contributed by atoms with E-state index in [0.717, 1.165) is 44.3 Å². The Balaban J connectivity index is 1.36. The molecule has 204 valence electrons. The molecular weight excluding hydrogens is 532 g/mol. The van der Waals surface area contributed by atoms with Crippen molar-refractivity contribution in [1.82, 2.24) is 9.97 Å². The predicted molar refractivity (Wildman–Crippen MR) is 186 cm³/mol. The van der Waals surface area contributed by atoms with E-state index in [4.69, 9.17) is 9.97 Å². The molecule has 44 heavy (non-hydrogen) atoms. The standard InChI is InChI=1S/C42H26N2/c1-2-12-28(13-3-1)37-25-23-29-21-22-30-24-26-38(44-42(30)41(29)43-37)40-35-18-8-6-16-33(35)39(34-17-7-9-19-36(34)40)32-20-10-14-27-11-4-5-15-31(27)32/h1-26H. The Hall–Kier alpha value is -5.86. The molecule has 0 saturated carbocycles. The summed E-state index contributed by atoms with van der Waals surface area (Å²) in [6, 6.07) is 56.1. The first-order valence-electron chi connectivity index (χ1n) is 15.0. The van der Waals surface area contributed by atoms with Crippen molar-refractivity contribution in [2.45, 2.75) is 0 Å². The van der Waals surface area contributed by atoms with Gasteiger partial charge < -0.3 is 0 Å². The molecule has 2 heteroatoms. The van der Waals surface area contributed by atoms with Crippen LogP contribution in [0.25, 0.3) is 87.8 Å². The summed E-state index contributed by atoms with van der Waals surface area (Å²) in [5, 5.41) is 9.51. The number of hydrogen-bond donors (Lipinski definition) is 0. The van der Waals surface area contributed by atoms with Gasteiger partial charge in [0, 0.05) is 21.9 Å². The Morgan fingerprint density at radius 3 is 1.43 bits per heavy atom. The van der Waals surface area contributed by atoms with Gasteiger partial charge in [-0.2, -0.15) is 0 Å². The smallest absolute Gasteiger partial charge is 0.0972 e. The molecule has 9 rings (SSSR count). The fourth-order valence-electron chi connectivity index (χ4n) is 6.81. The van der Waals surface area contributed by atoms with Crippen LogP contribution in [0.4, 0.5) is 0 Å². The van der Waals surface area contributed by atoms with Gasteiger partial charge in [-0.25, -0.2) is 9.97 Å². The summed E-state index contributed by atoms with van der Waals surface area (Å²) in [7, 11) is 0. The Kier molecular flexibility index (Phi) is 5.54. The van der Waals surface area contributed by atoms with Gasteiger partial charge in [0.2, 0.25) is 0 Å². The molecule has 0 radical (unpaired) electrons. The third kappa shape index (κ3) is 3.82. The van der Waals surface area contributed by atoms with Crippen molar-refractivity contribution in [3.05, 3.63) is 158 Å². The monoisotopic (exact) mass is 558 g/mol. The lowest BCUT2D eigenvalue weighted by Gasteiger charge is -2.18. The van der Waals surface area contributed by atoms with Crippen molar-refractivity contribution < 1.29 is 0 Å². The topological polar surface area (TPSA) is 25.8 Å². The molecular formula is C42H26N2. The summed E-state index contributed by atoms with van der Waals surface area (Å²) >= 11 is 0. The van der Waals surface area contributed by atoms with E-state index < -0.39 is 0 Å². The van der Waals surface area contributed by atoms with Crippen molar-refractivity contribution >= 4 is 54.1 Å². The van der Waals surface area contributed by atoms with Gasteiger partial charge >= 0.3 is 0 Å². The highest BCUT2D eigenvalue weighted by Crippen LogP contribution is 2.45. The molecule has 0 unspecified atom stereocenters. The fraction of sp³-hybridized carbons (Fsp3) is 0. The quantitative estimate of drug-likeness (QED) is 0.159. The van der Waals surface area contributed by atoms with E-state index in [1.54, 1.807) is 0 Å². The minimum atomic E-state index is 0.920. The molecule has 0 N–H and O–H groups in total. The van der Waals surface area contributed by atoms with Crippen LogP contribution in [-0.2, 0) is 0 Å². The molecule has 0 aliphatic rings. The summed E-state index contributed by atoms with van der Waals surface area (Å²) in [5.41, 5.74) is 8.51. The van der Waals surface area contributed by atoms with E-state index in [0.29, 0.717) is 0 Å². The van der Waals surface area contributed by atoms with Crippen LogP contribution in [0, 0.1) is 0 Å². The van der Waals surface area contributed by atoms with E-state index >= 15 is 0 Å². The zero-order valence-electron chi connectivity index (χ0n) is 23.9. The molecule has 0 saturated heterocycles. The van der Waals surface area contributed by atoms with Crippen LogP contribution in [0.2, 0.25) is 0 Å². The van der Waals surface area contributed by atoms with Crippen molar-refractivity contribution in [3.63, 3.8) is 0 Å². The largest absolute Gasteiger partial charge is 0.245 e. The number of benzene rings is 7. The maximum atomic E-state index is 5.40. The molecule has 9 aromatic rings. The van der Waals surface area contributed by atoms with Crippen LogP contribution in [0.3, 0.4) is 0 Å².